The molecule has 1 aromatic rings. The van der Waals surface area contributed by atoms with E-state index in [9.17, 15) is 0 Å². The van der Waals surface area contributed by atoms with Gasteiger partial charge < -0.3 is 11.1 Å². The van der Waals surface area contributed by atoms with Crippen molar-refractivity contribution in [3.8, 4) is 0 Å². The standard InChI is InChI=1S/C7H8N2S.Cu/c8-7(10)9-6-4-2-1-3-5-6;/h1-5H,(H3,8,9,10);. The summed E-state index contributed by atoms with van der Waals surface area (Å²) in [6.45, 7) is 0. The molecule has 63 valence electrons. The molecule has 0 unspecified atom stereocenters. The Morgan fingerprint density at radius 1 is 1.27 bits per heavy atom. The second-order valence-corrected chi connectivity index (χ2v) is 2.30. The van der Waals surface area contributed by atoms with Crippen molar-refractivity contribution in [2.45, 2.75) is 0 Å². The van der Waals surface area contributed by atoms with Crippen LogP contribution in [0.5, 0.6) is 0 Å². The summed E-state index contributed by atoms with van der Waals surface area (Å²) in [6.07, 6.45) is 0. The third kappa shape index (κ3) is 3.98. The monoisotopic (exact) mass is 215 g/mol. The Morgan fingerprint density at radius 2 is 1.82 bits per heavy atom. The summed E-state index contributed by atoms with van der Waals surface area (Å²) in [4.78, 5) is 0. The van der Waals surface area contributed by atoms with Crippen LogP contribution in [0.2, 0.25) is 0 Å². The third-order valence-corrected chi connectivity index (χ3v) is 1.14. The van der Waals surface area contributed by atoms with Crippen molar-refractivity contribution in [2.24, 2.45) is 5.73 Å². The van der Waals surface area contributed by atoms with Crippen LogP contribution in [-0.2, 0) is 17.1 Å². The quantitative estimate of drug-likeness (QED) is 0.549. The van der Waals surface area contributed by atoms with Gasteiger partial charge in [-0.2, -0.15) is 0 Å². The van der Waals surface area contributed by atoms with E-state index in [1.165, 1.54) is 0 Å². The third-order valence-electron chi connectivity index (χ3n) is 1.04. The van der Waals surface area contributed by atoms with Crippen molar-refractivity contribution in [3.05, 3.63) is 30.3 Å². The zero-order chi connectivity index (χ0) is 7.40. The fraction of sp³-hybridized carbons (Fsp3) is 0. The first-order chi connectivity index (χ1) is 4.79. The molecule has 0 aliphatic heterocycles. The number of rotatable bonds is 1. The van der Waals surface area contributed by atoms with Gasteiger partial charge in [-0.25, -0.2) is 0 Å². The Hall–Kier alpha value is -0.571. The van der Waals surface area contributed by atoms with Gasteiger partial charge in [0.2, 0.25) is 0 Å². The van der Waals surface area contributed by atoms with Gasteiger partial charge >= 0.3 is 0 Å². The number of benzene rings is 1. The first-order valence-electron chi connectivity index (χ1n) is 2.90. The zero-order valence-corrected chi connectivity index (χ0v) is 7.43. The number of para-hydroxylation sites is 1. The van der Waals surface area contributed by atoms with Crippen molar-refractivity contribution >= 4 is 23.0 Å². The van der Waals surface area contributed by atoms with E-state index < -0.39 is 0 Å². The van der Waals surface area contributed by atoms with Crippen LogP contribution in [0.15, 0.2) is 30.3 Å². The molecule has 0 bridgehead atoms. The van der Waals surface area contributed by atoms with Gasteiger partial charge in [0.1, 0.15) is 0 Å². The average Bonchev–Trinajstić information content (AvgIpc) is 1.88. The summed E-state index contributed by atoms with van der Waals surface area (Å²) in [5, 5.41) is 3.11. The van der Waals surface area contributed by atoms with Crippen molar-refractivity contribution in [2.75, 3.05) is 5.32 Å². The number of anilines is 1. The maximum absolute atomic E-state index is 5.24. The van der Waals surface area contributed by atoms with Crippen LogP contribution >= 0.6 is 12.2 Å². The zero-order valence-electron chi connectivity index (χ0n) is 5.67. The predicted octanol–water partition coefficient (Wildman–Crippen LogP) is 1.34. The van der Waals surface area contributed by atoms with E-state index in [4.69, 9.17) is 5.73 Å². The molecule has 0 fully saturated rings. The Morgan fingerprint density at radius 3 is 2.27 bits per heavy atom. The number of thiocarbonyl (C=S) groups is 1. The molecule has 0 aliphatic rings. The minimum Gasteiger partial charge on any atom is -0.376 e. The molecule has 3 N–H and O–H groups in total. The molecule has 0 saturated heterocycles. The van der Waals surface area contributed by atoms with Crippen molar-refractivity contribution in [3.63, 3.8) is 0 Å². The molecule has 0 amide bonds. The minimum atomic E-state index is 0. The van der Waals surface area contributed by atoms with Gasteiger partial charge in [0, 0.05) is 22.8 Å². The van der Waals surface area contributed by atoms with Crippen LogP contribution in [0, 0.1) is 0 Å². The van der Waals surface area contributed by atoms with Gasteiger partial charge in [-0.1, -0.05) is 18.2 Å². The smallest absolute Gasteiger partial charge is 0.168 e. The molecule has 1 radical (unpaired) electrons. The van der Waals surface area contributed by atoms with Crippen LogP contribution in [-0.4, -0.2) is 5.11 Å². The number of hydrogen-bond donors (Lipinski definition) is 2. The molecule has 0 aliphatic carbocycles. The largest absolute Gasteiger partial charge is 0.376 e. The summed E-state index contributed by atoms with van der Waals surface area (Å²) in [5.74, 6) is 0. The Labute approximate surface area is 81.6 Å². The topological polar surface area (TPSA) is 38.0 Å². The number of nitrogens with one attached hydrogen (secondary N) is 1. The van der Waals surface area contributed by atoms with E-state index in [1.54, 1.807) is 0 Å². The summed E-state index contributed by atoms with van der Waals surface area (Å²) < 4.78 is 0. The van der Waals surface area contributed by atoms with Gasteiger partial charge in [-0.05, 0) is 24.4 Å². The van der Waals surface area contributed by atoms with Crippen molar-refractivity contribution in [1.82, 2.24) is 0 Å². The summed E-state index contributed by atoms with van der Waals surface area (Å²) in [5.41, 5.74) is 6.17. The van der Waals surface area contributed by atoms with Gasteiger partial charge in [-0.15, -0.1) is 0 Å². The molecular weight excluding hydrogens is 208 g/mol. The molecule has 1 rings (SSSR count). The molecule has 4 heteroatoms. The second-order valence-electron chi connectivity index (χ2n) is 1.86. The van der Waals surface area contributed by atoms with Crippen LogP contribution in [0.25, 0.3) is 0 Å². The summed E-state index contributed by atoms with van der Waals surface area (Å²) in [7, 11) is 0. The van der Waals surface area contributed by atoms with Gasteiger partial charge in [-0.3, -0.25) is 0 Å². The van der Waals surface area contributed by atoms with E-state index in [0.717, 1.165) is 5.69 Å². The molecular formula is C7H8CuN2S. The Bertz CT molecular complexity index is 225. The van der Waals surface area contributed by atoms with E-state index in [-0.39, 0.29) is 17.1 Å². The molecule has 0 saturated carbocycles. The van der Waals surface area contributed by atoms with Crippen molar-refractivity contribution in [1.29, 1.82) is 0 Å². The van der Waals surface area contributed by atoms with E-state index in [0.29, 0.717) is 5.11 Å². The number of hydrogen-bond acceptors (Lipinski definition) is 1. The maximum atomic E-state index is 5.24. The fourth-order valence-electron chi connectivity index (χ4n) is 0.664. The van der Waals surface area contributed by atoms with E-state index in [2.05, 4.69) is 17.5 Å². The van der Waals surface area contributed by atoms with E-state index in [1.807, 2.05) is 30.3 Å². The first kappa shape index (κ1) is 10.4. The molecule has 2 nitrogen and oxygen atoms in total. The van der Waals surface area contributed by atoms with Gasteiger partial charge in [0.15, 0.2) is 5.11 Å². The molecule has 0 spiro atoms. The van der Waals surface area contributed by atoms with Crippen LogP contribution in [0.3, 0.4) is 0 Å². The normalized spacial score (nSPS) is 8.00. The predicted molar refractivity (Wildman–Crippen MR) is 46.9 cm³/mol. The SMILES string of the molecule is NC(=S)Nc1ccccc1.[Cu]. The summed E-state index contributed by atoms with van der Waals surface area (Å²) in [6, 6.07) is 9.57. The van der Waals surface area contributed by atoms with Crippen LogP contribution in [0.1, 0.15) is 0 Å². The molecule has 11 heavy (non-hydrogen) atoms. The number of nitrogens with two attached hydrogens (primary N) is 1. The second kappa shape index (κ2) is 5.13. The van der Waals surface area contributed by atoms with E-state index >= 15 is 0 Å². The van der Waals surface area contributed by atoms with Gasteiger partial charge in [0.25, 0.3) is 0 Å². The molecule has 0 heterocycles. The first-order valence-corrected chi connectivity index (χ1v) is 3.31. The van der Waals surface area contributed by atoms with Crippen molar-refractivity contribution < 1.29 is 17.1 Å². The minimum absolute atomic E-state index is 0. The summed E-state index contributed by atoms with van der Waals surface area (Å²) >= 11 is 4.64. The van der Waals surface area contributed by atoms with Crippen LogP contribution in [0.4, 0.5) is 5.69 Å². The Balaban J connectivity index is 0.000001000. The molecule has 1 aromatic carbocycles. The molecule has 0 atom stereocenters. The van der Waals surface area contributed by atoms with Gasteiger partial charge in [0.05, 0.1) is 0 Å². The maximum Gasteiger partial charge on any atom is 0.168 e. The Kier molecular flexibility index (Phi) is 4.86. The fourth-order valence-corrected chi connectivity index (χ4v) is 0.782. The van der Waals surface area contributed by atoms with Crippen LogP contribution < -0.4 is 11.1 Å². The molecule has 0 aromatic heterocycles. The average molecular weight is 216 g/mol.